The van der Waals surface area contributed by atoms with Crippen LogP contribution in [0.2, 0.25) is 0 Å². The monoisotopic (exact) mass is 261 g/mol. The van der Waals surface area contributed by atoms with Crippen molar-refractivity contribution in [2.24, 2.45) is 0 Å². The lowest BCUT2D eigenvalue weighted by Crippen LogP contribution is -2.42. The van der Waals surface area contributed by atoms with Gasteiger partial charge in [-0.1, -0.05) is 0 Å². The number of carboxylic acid groups (broad SMARTS) is 1. The minimum atomic E-state index is -1.21. The van der Waals surface area contributed by atoms with E-state index in [0.717, 1.165) is 0 Å². The molecule has 0 aliphatic rings. The van der Waals surface area contributed by atoms with Crippen molar-refractivity contribution in [1.82, 2.24) is 16.0 Å². The van der Waals surface area contributed by atoms with Gasteiger partial charge in [-0.3, -0.25) is 14.9 Å². The highest BCUT2D eigenvalue weighted by Crippen LogP contribution is 1.78. The predicted octanol–water partition coefficient (Wildman–Crippen LogP) is -1.95. The van der Waals surface area contributed by atoms with E-state index in [1.165, 1.54) is 7.05 Å². The van der Waals surface area contributed by atoms with Crippen molar-refractivity contribution in [2.75, 3.05) is 26.8 Å². The van der Waals surface area contributed by atoms with Crippen molar-refractivity contribution in [3.8, 4) is 0 Å². The molecule has 0 bridgehead atoms. The smallest absolute Gasteiger partial charge is 0.329 e. The molecule has 0 fully saturated rings. The SMILES string of the molecule is CNC(=O)CCNC(=O)NC(=O)COCC(=O)O. The molecule has 0 aromatic carbocycles. The third-order valence-corrected chi connectivity index (χ3v) is 1.63. The second-order valence-corrected chi connectivity index (χ2v) is 3.11. The molecule has 0 heterocycles. The first kappa shape index (κ1) is 15.8. The minimum absolute atomic E-state index is 0.0781. The molecule has 0 rings (SSSR count). The molecule has 0 aliphatic heterocycles. The summed E-state index contributed by atoms with van der Waals surface area (Å²) in [5.41, 5.74) is 0. The fourth-order valence-corrected chi connectivity index (χ4v) is 0.853. The Morgan fingerprint density at radius 3 is 2.33 bits per heavy atom. The van der Waals surface area contributed by atoms with Crippen molar-refractivity contribution < 1.29 is 29.0 Å². The zero-order valence-electron chi connectivity index (χ0n) is 9.82. The molecule has 9 nitrogen and oxygen atoms in total. The van der Waals surface area contributed by atoms with Crippen molar-refractivity contribution in [3.63, 3.8) is 0 Å². The van der Waals surface area contributed by atoms with Gasteiger partial charge in [-0.05, 0) is 0 Å². The van der Waals surface area contributed by atoms with Crippen LogP contribution in [0.15, 0.2) is 0 Å². The number of amides is 4. The van der Waals surface area contributed by atoms with Crippen LogP contribution in [0, 0.1) is 0 Å². The van der Waals surface area contributed by atoms with Crippen LogP contribution >= 0.6 is 0 Å². The number of aliphatic carboxylic acids is 1. The fourth-order valence-electron chi connectivity index (χ4n) is 0.853. The zero-order valence-corrected chi connectivity index (χ0v) is 9.82. The summed E-state index contributed by atoms with van der Waals surface area (Å²) < 4.78 is 4.46. The summed E-state index contributed by atoms with van der Waals surface area (Å²) in [5, 5.41) is 14.8. The molecule has 4 amide bonds. The average molecular weight is 261 g/mol. The van der Waals surface area contributed by atoms with Gasteiger partial charge in [0.1, 0.15) is 13.2 Å². The maximum Gasteiger partial charge on any atom is 0.329 e. The number of ether oxygens (including phenoxy) is 1. The largest absolute Gasteiger partial charge is 0.480 e. The number of imide groups is 1. The number of urea groups is 1. The van der Waals surface area contributed by atoms with Gasteiger partial charge in [-0.15, -0.1) is 0 Å². The topological polar surface area (TPSA) is 134 Å². The summed E-state index contributed by atoms with van der Waals surface area (Å²) in [5.74, 6) is -2.22. The van der Waals surface area contributed by atoms with Crippen LogP contribution in [0.3, 0.4) is 0 Å². The summed E-state index contributed by atoms with van der Waals surface area (Å²) in [6, 6.07) is -0.775. The minimum Gasteiger partial charge on any atom is -0.480 e. The molecule has 18 heavy (non-hydrogen) atoms. The van der Waals surface area contributed by atoms with Gasteiger partial charge in [-0.2, -0.15) is 0 Å². The maximum absolute atomic E-state index is 11.1. The Morgan fingerprint density at radius 2 is 1.78 bits per heavy atom. The highest BCUT2D eigenvalue weighted by molar-refractivity contribution is 5.95. The predicted molar refractivity (Wildman–Crippen MR) is 58.7 cm³/mol. The number of nitrogens with one attached hydrogen (secondary N) is 3. The Balaban J connectivity index is 3.64. The molecule has 0 radical (unpaired) electrons. The van der Waals surface area contributed by atoms with Crippen LogP contribution < -0.4 is 16.0 Å². The molecule has 0 aromatic rings. The van der Waals surface area contributed by atoms with E-state index < -0.39 is 31.1 Å². The van der Waals surface area contributed by atoms with Gasteiger partial charge in [0.2, 0.25) is 5.91 Å². The zero-order chi connectivity index (χ0) is 14.0. The molecule has 102 valence electrons. The first-order valence-electron chi connectivity index (χ1n) is 5.03. The molecule has 9 heteroatoms. The van der Waals surface area contributed by atoms with Crippen LogP contribution in [0.4, 0.5) is 4.79 Å². The van der Waals surface area contributed by atoms with Crippen molar-refractivity contribution >= 4 is 23.8 Å². The molecule has 0 aromatic heterocycles. The van der Waals surface area contributed by atoms with Gasteiger partial charge in [0.15, 0.2) is 0 Å². The Hall–Kier alpha value is -2.16. The Labute approximate surface area is 103 Å². The summed E-state index contributed by atoms with van der Waals surface area (Å²) >= 11 is 0. The molecule has 0 saturated carbocycles. The van der Waals surface area contributed by atoms with E-state index in [1.54, 1.807) is 0 Å². The van der Waals surface area contributed by atoms with E-state index in [-0.39, 0.29) is 18.9 Å². The number of carboxylic acids is 1. The molecule has 0 atom stereocenters. The first-order valence-corrected chi connectivity index (χ1v) is 5.03. The highest BCUT2D eigenvalue weighted by Gasteiger charge is 2.08. The van der Waals surface area contributed by atoms with Gasteiger partial charge in [0, 0.05) is 20.0 Å². The molecule has 0 saturated heterocycles. The number of hydrogen-bond donors (Lipinski definition) is 4. The van der Waals surface area contributed by atoms with E-state index >= 15 is 0 Å². The van der Waals surface area contributed by atoms with E-state index in [1.807, 2.05) is 5.32 Å². The third kappa shape index (κ3) is 9.09. The maximum atomic E-state index is 11.1. The van der Waals surface area contributed by atoms with Gasteiger partial charge >= 0.3 is 12.0 Å². The number of carbonyl (C=O) groups excluding carboxylic acids is 3. The van der Waals surface area contributed by atoms with E-state index in [2.05, 4.69) is 15.4 Å². The summed E-state index contributed by atoms with van der Waals surface area (Å²) in [4.78, 5) is 43.0. The van der Waals surface area contributed by atoms with Gasteiger partial charge in [0.25, 0.3) is 5.91 Å². The Kier molecular flexibility index (Phi) is 7.86. The standard InChI is InChI=1S/C9H15N3O6/c1-10-6(13)2-3-11-9(17)12-7(14)4-18-5-8(15)16/h2-5H2,1H3,(H,10,13)(H,15,16)(H2,11,12,14,17). The summed E-state index contributed by atoms with van der Waals surface area (Å²) in [7, 11) is 1.46. The lowest BCUT2D eigenvalue weighted by Gasteiger charge is -2.06. The summed E-state index contributed by atoms with van der Waals surface area (Å²) in [6.07, 6.45) is 0.0909. The first-order chi connectivity index (χ1) is 8.45. The molecule has 0 aliphatic carbocycles. The van der Waals surface area contributed by atoms with Crippen molar-refractivity contribution in [1.29, 1.82) is 0 Å². The Morgan fingerprint density at radius 1 is 1.11 bits per heavy atom. The fraction of sp³-hybridized carbons (Fsp3) is 0.556. The third-order valence-electron chi connectivity index (χ3n) is 1.63. The molecular weight excluding hydrogens is 246 g/mol. The van der Waals surface area contributed by atoms with Crippen molar-refractivity contribution in [2.45, 2.75) is 6.42 Å². The van der Waals surface area contributed by atoms with E-state index in [9.17, 15) is 19.2 Å². The van der Waals surface area contributed by atoms with Crippen LogP contribution in [-0.2, 0) is 19.1 Å². The number of rotatable bonds is 7. The molecule has 0 spiro atoms. The number of carbonyl (C=O) groups is 4. The second kappa shape index (κ2) is 8.93. The lowest BCUT2D eigenvalue weighted by molar-refractivity contribution is -0.143. The molecular formula is C9H15N3O6. The van der Waals surface area contributed by atoms with Crippen LogP contribution in [0.25, 0.3) is 0 Å². The van der Waals surface area contributed by atoms with E-state index in [0.29, 0.717) is 0 Å². The average Bonchev–Trinajstić information content (AvgIpc) is 2.28. The second-order valence-electron chi connectivity index (χ2n) is 3.11. The van der Waals surface area contributed by atoms with Crippen molar-refractivity contribution in [3.05, 3.63) is 0 Å². The van der Waals surface area contributed by atoms with Crippen LogP contribution in [0.5, 0.6) is 0 Å². The van der Waals surface area contributed by atoms with Crippen LogP contribution in [0.1, 0.15) is 6.42 Å². The summed E-state index contributed by atoms with van der Waals surface area (Å²) in [6.45, 7) is -1.07. The van der Waals surface area contributed by atoms with Crippen LogP contribution in [-0.4, -0.2) is 55.7 Å². The quantitative estimate of drug-likeness (QED) is 0.421. The van der Waals surface area contributed by atoms with Gasteiger partial charge in [0.05, 0.1) is 0 Å². The normalized spacial score (nSPS) is 9.39. The molecule has 4 N–H and O–H groups in total. The van der Waals surface area contributed by atoms with E-state index in [4.69, 9.17) is 5.11 Å². The lowest BCUT2D eigenvalue weighted by atomic mass is 10.4. The molecule has 0 unspecified atom stereocenters. The number of hydrogen-bond acceptors (Lipinski definition) is 5. The highest BCUT2D eigenvalue weighted by atomic mass is 16.5. The van der Waals surface area contributed by atoms with Gasteiger partial charge in [-0.25, -0.2) is 9.59 Å². The van der Waals surface area contributed by atoms with Gasteiger partial charge < -0.3 is 20.5 Å². The Bertz CT molecular complexity index is 330.